The van der Waals surface area contributed by atoms with Gasteiger partial charge in [-0.25, -0.2) is 15.0 Å². The standard InChI is InChI=1S/C22H23N5OS2/c1-12-13(2)29-22-19(12)20(23-11-24-22)27-8-6-15(7-9-27)21(28)26-16-4-5-17-18(10-16)30-14(3)25-17/h4-5,10-11,15H,6-9H2,1-3H3,(H,26,28). The van der Waals surface area contributed by atoms with Crippen LogP contribution in [-0.2, 0) is 4.79 Å². The van der Waals surface area contributed by atoms with Crippen LogP contribution in [0.3, 0.4) is 0 Å². The molecule has 1 aliphatic rings. The van der Waals surface area contributed by atoms with Crippen molar-refractivity contribution in [1.29, 1.82) is 0 Å². The van der Waals surface area contributed by atoms with Gasteiger partial charge >= 0.3 is 0 Å². The lowest BCUT2D eigenvalue weighted by molar-refractivity contribution is -0.120. The molecule has 0 spiro atoms. The summed E-state index contributed by atoms with van der Waals surface area (Å²) in [5.74, 6) is 1.13. The average Bonchev–Trinajstić information content (AvgIpc) is 3.26. The quantitative estimate of drug-likeness (QED) is 0.484. The van der Waals surface area contributed by atoms with Gasteiger partial charge in [0.25, 0.3) is 0 Å². The number of nitrogens with zero attached hydrogens (tertiary/aromatic N) is 4. The molecule has 0 unspecified atom stereocenters. The van der Waals surface area contributed by atoms with Gasteiger partial charge in [0.05, 0.1) is 20.6 Å². The number of thiazole rings is 1. The van der Waals surface area contributed by atoms with Crippen molar-refractivity contribution in [2.45, 2.75) is 33.6 Å². The molecule has 4 aromatic rings. The summed E-state index contributed by atoms with van der Waals surface area (Å²) in [5.41, 5.74) is 3.10. The first-order chi connectivity index (χ1) is 14.5. The molecule has 3 aromatic heterocycles. The van der Waals surface area contributed by atoms with E-state index in [1.165, 1.54) is 10.4 Å². The van der Waals surface area contributed by atoms with E-state index in [9.17, 15) is 4.79 Å². The van der Waals surface area contributed by atoms with Gasteiger partial charge in [0, 0.05) is 29.6 Å². The van der Waals surface area contributed by atoms with Gasteiger partial charge < -0.3 is 10.2 Å². The highest BCUT2D eigenvalue weighted by Gasteiger charge is 2.27. The van der Waals surface area contributed by atoms with Gasteiger partial charge in [-0.05, 0) is 57.4 Å². The molecule has 154 valence electrons. The number of piperidine rings is 1. The molecule has 5 rings (SSSR count). The molecular weight excluding hydrogens is 414 g/mol. The molecule has 0 bridgehead atoms. The van der Waals surface area contributed by atoms with Crippen LogP contribution in [0, 0.1) is 26.7 Å². The van der Waals surface area contributed by atoms with E-state index in [-0.39, 0.29) is 11.8 Å². The Bertz CT molecular complexity index is 1250. The maximum absolute atomic E-state index is 12.9. The first-order valence-corrected chi connectivity index (χ1v) is 11.8. The molecule has 0 atom stereocenters. The fourth-order valence-corrected chi connectivity index (χ4v) is 5.98. The molecule has 0 saturated carbocycles. The van der Waals surface area contributed by atoms with Crippen LogP contribution in [0.1, 0.15) is 28.3 Å². The number of aromatic nitrogens is 3. The molecule has 6 nitrogen and oxygen atoms in total. The average molecular weight is 438 g/mol. The van der Waals surface area contributed by atoms with Crippen LogP contribution in [-0.4, -0.2) is 33.9 Å². The molecule has 1 aliphatic heterocycles. The number of carbonyl (C=O) groups excluding carboxylic acids is 1. The second-order valence-electron chi connectivity index (χ2n) is 7.83. The Hall–Kier alpha value is -2.58. The fourth-order valence-electron chi connectivity index (χ4n) is 4.12. The van der Waals surface area contributed by atoms with Crippen LogP contribution in [0.4, 0.5) is 11.5 Å². The second-order valence-corrected chi connectivity index (χ2v) is 10.3. The Morgan fingerprint density at radius 2 is 1.93 bits per heavy atom. The third-order valence-electron chi connectivity index (χ3n) is 5.87. The van der Waals surface area contributed by atoms with Crippen molar-refractivity contribution in [3.8, 4) is 0 Å². The molecule has 0 radical (unpaired) electrons. The minimum absolute atomic E-state index is 0.0165. The zero-order chi connectivity index (χ0) is 20.8. The van der Waals surface area contributed by atoms with Crippen LogP contribution in [0.15, 0.2) is 24.5 Å². The summed E-state index contributed by atoms with van der Waals surface area (Å²) in [6, 6.07) is 5.93. The minimum Gasteiger partial charge on any atom is -0.356 e. The molecule has 1 fully saturated rings. The van der Waals surface area contributed by atoms with Crippen molar-refractivity contribution in [2.75, 3.05) is 23.3 Å². The molecule has 30 heavy (non-hydrogen) atoms. The van der Waals surface area contributed by atoms with Crippen LogP contribution in [0.2, 0.25) is 0 Å². The number of rotatable bonds is 3. The number of benzene rings is 1. The number of aryl methyl sites for hydroxylation is 3. The molecule has 1 aromatic carbocycles. The highest BCUT2D eigenvalue weighted by Crippen LogP contribution is 2.35. The van der Waals surface area contributed by atoms with E-state index in [2.05, 4.69) is 39.0 Å². The summed E-state index contributed by atoms with van der Waals surface area (Å²) in [6.07, 6.45) is 3.30. The Morgan fingerprint density at radius 3 is 2.73 bits per heavy atom. The number of nitrogens with one attached hydrogen (secondary N) is 1. The number of anilines is 2. The number of hydrogen-bond donors (Lipinski definition) is 1. The minimum atomic E-state index is 0.0165. The molecule has 0 aliphatic carbocycles. The maximum atomic E-state index is 12.9. The Kier molecular flexibility index (Phi) is 4.91. The summed E-state index contributed by atoms with van der Waals surface area (Å²) < 4.78 is 1.11. The lowest BCUT2D eigenvalue weighted by atomic mass is 9.95. The number of fused-ring (bicyclic) bond motifs is 2. The Labute approximate surface area is 183 Å². The van der Waals surface area contributed by atoms with Gasteiger partial charge in [0.1, 0.15) is 17.0 Å². The highest BCUT2D eigenvalue weighted by atomic mass is 32.1. The van der Waals surface area contributed by atoms with E-state index in [0.29, 0.717) is 0 Å². The SMILES string of the molecule is Cc1nc2ccc(NC(=O)C3CCN(c4ncnc5sc(C)c(C)c45)CC3)cc2s1. The van der Waals surface area contributed by atoms with Gasteiger partial charge in [-0.2, -0.15) is 0 Å². The monoisotopic (exact) mass is 437 g/mol. The second kappa shape index (κ2) is 7.59. The van der Waals surface area contributed by atoms with Crippen molar-refractivity contribution in [3.63, 3.8) is 0 Å². The third-order valence-corrected chi connectivity index (χ3v) is 7.92. The van der Waals surface area contributed by atoms with Crippen molar-refractivity contribution in [3.05, 3.63) is 40.0 Å². The topological polar surface area (TPSA) is 71.0 Å². The van der Waals surface area contributed by atoms with Gasteiger partial charge in [-0.3, -0.25) is 4.79 Å². The number of hydrogen-bond acceptors (Lipinski definition) is 7. The van der Waals surface area contributed by atoms with E-state index in [1.807, 2.05) is 25.1 Å². The molecule has 1 amide bonds. The normalized spacial score (nSPS) is 15.2. The van der Waals surface area contributed by atoms with E-state index < -0.39 is 0 Å². The lowest BCUT2D eigenvalue weighted by Gasteiger charge is -2.32. The summed E-state index contributed by atoms with van der Waals surface area (Å²) in [6.45, 7) is 7.92. The number of thiophene rings is 1. The first-order valence-electron chi connectivity index (χ1n) is 10.1. The lowest BCUT2D eigenvalue weighted by Crippen LogP contribution is -2.38. The zero-order valence-electron chi connectivity index (χ0n) is 17.2. The summed E-state index contributed by atoms with van der Waals surface area (Å²) in [4.78, 5) is 31.0. The maximum Gasteiger partial charge on any atom is 0.227 e. The van der Waals surface area contributed by atoms with Crippen molar-refractivity contribution in [2.24, 2.45) is 5.92 Å². The van der Waals surface area contributed by atoms with Gasteiger partial charge in [-0.1, -0.05) is 0 Å². The fraction of sp³-hybridized carbons (Fsp3) is 0.364. The van der Waals surface area contributed by atoms with Crippen LogP contribution < -0.4 is 10.2 Å². The van der Waals surface area contributed by atoms with E-state index in [0.717, 1.165) is 62.9 Å². The molecule has 1 saturated heterocycles. The van der Waals surface area contributed by atoms with Crippen LogP contribution >= 0.6 is 22.7 Å². The van der Waals surface area contributed by atoms with Crippen molar-refractivity contribution < 1.29 is 4.79 Å². The largest absolute Gasteiger partial charge is 0.356 e. The van der Waals surface area contributed by atoms with E-state index in [4.69, 9.17) is 0 Å². The smallest absolute Gasteiger partial charge is 0.227 e. The predicted molar refractivity (Wildman–Crippen MR) is 125 cm³/mol. The van der Waals surface area contributed by atoms with Gasteiger partial charge in [-0.15, -0.1) is 22.7 Å². The van der Waals surface area contributed by atoms with Gasteiger partial charge in [0.15, 0.2) is 0 Å². The summed E-state index contributed by atoms with van der Waals surface area (Å²) in [7, 11) is 0. The van der Waals surface area contributed by atoms with E-state index >= 15 is 0 Å². The molecule has 1 N–H and O–H groups in total. The van der Waals surface area contributed by atoms with E-state index in [1.54, 1.807) is 29.0 Å². The Morgan fingerprint density at radius 1 is 1.13 bits per heavy atom. The molecule has 4 heterocycles. The van der Waals surface area contributed by atoms with Crippen molar-refractivity contribution >= 4 is 60.5 Å². The van der Waals surface area contributed by atoms with Crippen LogP contribution in [0.25, 0.3) is 20.4 Å². The first kappa shape index (κ1) is 19.4. The zero-order valence-corrected chi connectivity index (χ0v) is 18.9. The number of amides is 1. The number of carbonyl (C=O) groups is 1. The summed E-state index contributed by atoms with van der Waals surface area (Å²) >= 11 is 3.37. The molecular formula is C22H23N5OS2. The third kappa shape index (κ3) is 3.44. The van der Waals surface area contributed by atoms with Crippen molar-refractivity contribution in [1.82, 2.24) is 15.0 Å². The predicted octanol–water partition coefficient (Wildman–Crippen LogP) is 5.08. The summed E-state index contributed by atoms with van der Waals surface area (Å²) in [5, 5.41) is 5.31. The Balaban J connectivity index is 1.28. The molecule has 8 heteroatoms. The van der Waals surface area contributed by atoms with Gasteiger partial charge in [0.2, 0.25) is 5.91 Å². The highest BCUT2D eigenvalue weighted by molar-refractivity contribution is 7.19. The van der Waals surface area contributed by atoms with Crippen LogP contribution in [0.5, 0.6) is 0 Å².